The monoisotopic (exact) mass is 388 g/mol. The van der Waals surface area contributed by atoms with Gasteiger partial charge in [0.25, 0.3) is 5.91 Å². The molecule has 24 heavy (non-hydrogen) atoms. The van der Waals surface area contributed by atoms with Gasteiger partial charge < -0.3 is 4.74 Å². The van der Waals surface area contributed by atoms with Crippen molar-refractivity contribution < 1.29 is 9.53 Å². The van der Waals surface area contributed by atoms with Gasteiger partial charge in [0, 0.05) is 15.6 Å². The Balaban J connectivity index is 2.05. The molecule has 2 aromatic carbocycles. The molecule has 0 aliphatic carbocycles. The minimum absolute atomic E-state index is 0.250. The number of ether oxygens (including phenoxy) is 1. The molecule has 0 spiro atoms. The number of nitrogens with one attached hydrogen (secondary N) is 1. The topological polar surface area (TPSA) is 50.7 Å². The van der Waals surface area contributed by atoms with Gasteiger partial charge in [0.1, 0.15) is 5.75 Å². The molecule has 4 nitrogen and oxygen atoms in total. The summed E-state index contributed by atoms with van der Waals surface area (Å²) in [6.45, 7) is 6.60. The first kappa shape index (κ1) is 18.2. The van der Waals surface area contributed by atoms with Gasteiger partial charge >= 0.3 is 0 Å². The maximum atomic E-state index is 12.2. The number of hydrazone groups is 1. The highest BCUT2D eigenvalue weighted by Gasteiger charge is 2.07. The number of hydrogen-bond acceptors (Lipinski definition) is 3. The van der Waals surface area contributed by atoms with Crippen LogP contribution in [0, 0.1) is 6.92 Å². The van der Waals surface area contributed by atoms with E-state index in [1.807, 2.05) is 32.0 Å². The van der Waals surface area contributed by atoms with E-state index >= 15 is 0 Å². The fourth-order valence-electron chi connectivity index (χ4n) is 2.10. The van der Waals surface area contributed by atoms with Crippen molar-refractivity contribution in [3.8, 4) is 5.75 Å². The predicted octanol–water partition coefficient (Wildman–Crippen LogP) is 4.70. The third-order valence-corrected chi connectivity index (χ3v) is 4.12. The second-order valence-electron chi connectivity index (χ2n) is 5.49. The van der Waals surface area contributed by atoms with Crippen LogP contribution in [-0.4, -0.2) is 18.2 Å². The highest BCUT2D eigenvalue weighted by molar-refractivity contribution is 9.10. The highest BCUT2D eigenvalue weighted by Crippen LogP contribution is 2.19. The van der Waals surface area contributed by atoms with Crippen LogP contribution in [0.5, 0.6) is 5.75 Å². The van der Waals surface area contributed by atoms with Gasteiger partial charge in [0.15, 0.2) is 0 Å². The molecule has 0 radical (unpaired) electrons. The first-order valence-corrected chi connectivity index (χ1v) is 8.64. The lowest BCUT2D eigenvalue weighted by Gasteiger charge is -2.07. The van der Waals surface area contributed by atoms with Crippen LogP contribution >= 0.6 is 15.9 Å². The van der Waals surface area contributed by atoms with E-state index in [0.29, 0.717) is 12.2 Å². The van der Waals surface area contributed by atoms with Crippen LogP contribution in [0.4, 0.5) is 0 Å². The van der Waals surface area contributed by atoms with Gasteiger partial charge in [0.2, 0.25) is 0 Å². The van der Waals surface area contributed by atoms with Crippen LogP contribution in [0.25, 0.3) is 0 Å². The molecule has 126 valence electrons. The van der Waals surface area contributed by atoms with Crippen LogP contribution in [-0.2, 0) is 0 Å². The number of rotatable bonds is 6. The first-order chi connectivity index (χ1) is 11.5. The summed E-state index contributed by atoms with van der Waals surface area (Å²) in [6, 6.07) is 13.1. The second kappa shape index (κ2) is 8.64. The van der Waals surface area contributed by atoms with Crippen molar-refractivity contribution in [2.45, 2.75) is 27.2 Å². The SMILES string of the molecule is CCCOc1ccc(C(=O)N/N=C(/C)c2cc(C)ccc2Br)cc1. The smallest absolute Gasteiger partial charge is 0.271 e. The second-order valence-corrected chi connectivity index (χ2v) is 6.35. The number of aryl methyl sites for hydroxylation is 1. The molecule has 0 aliphatic heterocycles. The average Bonchev–Trinajstić information content (AvgIpc) is 2.60. The quantitative estimate of drug-likeness (QED) is 0.575. The Hall–Kier alpha value is -2.14. The highest BCUT2D eigenvalue weighted by atomic mass is 79.9. The summed E-state index contributed by atoms with van der Waals surface area (Å²) in [7, 11) is 0. The molecule has 1 N–H and O–H groups in total. The molecule has 0 aromatic heterocycles. The number of nitrogens with zero attached hydrogens (tertiary/aromatic N) is 1. The molecule has 2 aromatic rings. The Kier molecular flexibility index (Phi) is 6.55. The zero-order chi connectivity index (χ0) is 17.5. The third kappa shape index (κ3) is 4.93. The van der Waals surface area contributed by atoms with Gasteiger partial charge in [-0.05, 0) is 56.7 Å². The van der Waals surface area contributed by atoms with Crippen LogP contribution < -0.4 is 10.2 Å². The summed E-state index contributed by atoms with van der Waals surface area (Å²) in [5, 5.41) is 4.20. The van der Waals surface area contributed by atoms with E-state index in [1.54, 1.807) is 24.3 Å². The fraction of sp³-hybridized carbons (Fsp3) is 0.263. The number of amides is 1. The van der Waals surface area contributed by atoms with E-state index in [4.69, 9.17) is 4.74 Å². The van der Waals surface area contributed by atoms with Crippen molar-refractivity contribution >= 4 is 27.5 Å². The fourth-order valence-corrected chi connectivity index (χ4v) is 2.63. The lowest BCUT2D eigenvalue weighted by atomic mass is 10.1. The molecule has 0 unspecified atom stereocenters. The lowest BCUT2D eigenvalue weighted by molar-refractivity contribution is 0.0955. The summed E-state index contributed by atoms with van der Waals surface area (Å²) >= 11 is 3.50. The van der Waals surface area contributed by atoms with Crippen molar-refractivity contribution in [2.24, 2.45) is 5.10 Å². The molecule has 0 bridgehead atoms. The number of carbonyl (C=O) groups excluding carboxylic acids is 1. The summed E-state index contributed by atoms with van der Waals surface area (Å²) in [5.74, 6) is 0.511. The maximum absolute atomic E-state index is 12.2. The van der Waals surface area contributed by atoms with E-state index in [9.17, 15) is 4.79 Å². The Morgan fingerprint density at radius 1 is 1.21 bits per heavy atom. The largest absolute Gasteiger partial charge is 0.494 e. The molecule has 2 rings (SSSR count). The van der Waals surface area contributed by atoms with E-state index in [2.05, 4.69) is 33.4 Å². The Labute approximate surface area is 151 Å². The Bertz CT molecular complexity index is 740. The molecule has 0 saturated carbocycles. The zero-order valence-corrected chi connectivity index (χ0v) is 15.7. The molecule has 0 atom stereocenters. The van der Waals surface area contributed by atoms with E-state index in [1.165, 1.54) is 0 Å². The lowest BCUT2D eigenvalue weighted by Crippen LogP contribution is -2.19. The van der Waals surface area contributed by atoms with Crippen molar-refractivity contribution in [2.75, 3.05) is 6.61 Å². The Morgan fingerprint density at radius 3 is 2.58 bits per heavy atom. The molecule has 1 amide bonds. The number of carbonyl (C=O) groups is 1. The van der Waals surface area contributed by atoms with Gasteiger partial charge in [0.05, 0.1) is 12.3 Å². The van der Waals surface area contributed by atoms with Crippen molar-refractivity contribution in [3.05, 3.63) is 63.6 Å². The first-order valence-electron chi connectivity index (χ1n) is 7.85. The normalized spacial score (nSPS) is 11.2. The molecule has 0 fully saturated rings. The van der Waals surface area contributed by atoms with Gasteiger partial charge in [-0.1, -0.05) is 34.5 Å². The van der Waals surface area contributed by atoms with Gasteiger partial charge in [-0.2, -0.15) is 5.10 Å². The Morgan fingerprint density at radius 2 is 1.92 bits per heavy atom. The summed E-state index contributed by atoms with van der Waals surface area (Å²) in [4.78, 5) is 12.2. The third-order valence-electron chi connectivity index (χ3n) is 3.43. The van der Waals surface area contributed by atoms with E-state index < -0.39 is 0 Å². The average molecular weight is 389 g/mol. The number of benzene rings is 2. The van der Waals surface area contributed by atoms with Crippen molar-refractivity contribution in [1.82, 2.24) is 5.43 Å². The molecular weight excluding hydrogens is 368 g/mol. The minimum atomic E-state index is -0.250. The summed E-state index contributed by atoms with van der Waals surface area (Å²) < 4.78 is 6.45. The maximum Gasteiger partial charge on any atom is 0.271 e. The predicted molar refractivity (Wildman–Crippen MR) is 101 cm³/mol. The number of halogens is 1. The molecule has 0 aliphatic rings. The summed E-state index contributed by atoms with van der Waals surface area (Å²) in [5.41, 5.74) is 5.97. The van der Waals surface area contributed by atoms with Crippen LogP contribution in [0.3, 0.4) is 0 Å². The van der Waals surface area contributed by atoms with Crippen LogP contribution in [0.15, 0.2) is 52.0 Å². The standard InChI is InChI=1S/C19H21BrN2O2/c1-4-11-24-16-8-6-15(7-9-16)19(23)22-21-14(3)17-12-13(2)5-10-18(17)20/h5-10,12H,4,11H2,1-3H3,(H,22,23)/b21-14-. The van der Waals surface area contributed by atoms with Crippen LogP contribution in [0.2, 0.25) is 0 Å². The van der Waals surface area contributed by atoms with Crippen molar-refractivity contribution in [3.63, 3.8) is 0 Å². The molecule has 0 saturated heterocycles. The number of hydrogen-bond donors (Lipinski definition) is 1. The minimum Gasteiger partial charge on any atom is -0.494 e. The van der Waals surface area contributed by atoms with Gasteiger partial charge in [-0.25, -0.2) is 5.43 Å². The van der Waals surface area contributed by atoms with E-state index in [-0.39, 0.29) is 5.91 Å². The van der Waals surface area contributed by atoms with Crippen LogP contribution in [0.1, 0.15) is 41.8 Å². The van der Waals surface area contributed by atoms with Crippen molar-refractivity contribution in [1.29, 1.82) is 0 Å². The zero-order valence-electron chi connectivity index (χ0n) is 14.1. The molecule has 0 heterocycles. The van der Waals surface area contributed by atoms with Gasteiger partial charge in [-0.3, -0.25) is 4.79 Å². The molecular formula is C19H21BrN2O2. The molecule has 5 heteroatoms. The van der Waals surface area contributed by atoms with E-state index in [0.717, 1.165) is 33.5 Å². The summed E-state index contributed by atoms with van der Waals surface area (Å²) in [6.07, 6.45) is 0.949. The van der Waals surface area contributed by atoms with Gasteiger partial charge in [-0.15, -0.1) is 0 Å².